The first-order valence-corrected chi connectivity index (χ1v) is 8.01. The minimum absolute atomic E-state index is 0.167. The van der Waals surface area contributed by atoms with Crippen LogP contribution >= 0.6 is 11.8 Å². The van der Waals surface area contributed by atoms with Crippen molar-refractivity contribution in [1.29, 1.82) is 0 Å². The van der Waals surface area contributed by atoms with Crippen molar-refractivity contribution < 1.29 is 4.74 Å². The van der Waals surface area contributed by atoms with Gasteiger partial charge in [0.2, 0.25) is 0 Å². The maximum Gasteiger partial charge on any atom is 0.141 e. The molecule has 1 N–H and O–H groups in total. The van der Waals surface area contributed by atoms with Crippen molar-refractivity contribution in [3.05, 3.63) is 23.8 Å². The first-order chi connectivity index (χ1) is 8.90. The Labute approximate surface area is 121 Å². The van der Waals surface area contributed by atoms with Gasteiger partial charge in [0.1, 0.15) is 5.75 Å². The van der Waals surface area contributed by atoms with Gasteiger partial charge in [-0.3, -0.25) is 0 Å². The molecule has 1 aliphatic heterocycles. The van der Waals surface area contributed by atoms with Crippen molar-refractivity contribution in [1.82, 2.24) is 0 Å². The summed E-state index contributed by atoms with van der Waals surface area (Å²) in [5, 5.41) is 4.42. The zero-order chi connectivity index (χ0) is 14.0. The summed E-state index contributed by atoms with van der Waals surface area (Å²) in [5.74, 6) is 2.13. The lowest BCUT2D eigenvalue weighted by molar-refractivity contribution is 0.415. The second-order valence-corrected chi connectivity index (χ2v) is 7.86. The number of rotatable bonds is 3. The fraction of sp³-hybridized carbons (Fsp3) is 0.625. The Kier molecular flexibility index (Phi) is 4.34. The number of benzene rings is 1. The molecule has 2 rings (SSSR count). The molecule has 0 aromatic heterocycles. The van der Waals surface area contributed by atoms with Crippen LogP contribution in [0.3, 0.4) is 0 Å². The van der Waals surface area contributed by atoms with E-state index in [2.05, 4.69) is 51.2 Å². The molecule has 0 bridgehead atoms. The standard InChI is InChI=1S/C16H25NOS/c1-11-8-13(10-19-11)17-14-9-12(16(2,3)4)6-7-15(14)18-5/h6-7,9,11,13,17H,8,10H2,1-5H3. The summed E-state index contributed by atoms with van der Waals surface area (Å²) >= 11 is 2.04. The summed E-state index contributed by atoms with van der Waals surface area (Å²) in [6, 6.07) is 7.04. The van der Waals surface area contributed by atoms with E-state index in [9.17, 15) is 0 Å². The number of anilines is 1. The summed E-state index contributed by atoms with van der Waals surface area (Å²) in [4.78, 5) is 0. The van der Waals surface area contributed by atoms with Gasteiger partial charge in [0.05, 0.1) is 12.8 Å². The molecule has 2 unspecified atom stereocenters. The molecule has 19 heavy (non-hydrogen) atoms. The van der Waals surface area contributed by atoms with E-state index in [-0.39, 0.29) is 5.41 Å². The zero-order valence-corrected chi connectivity index (χ0v) is 13.4. The molecular weight excluding hydrogens is 254 g/mol. The van der Waals surface area contributed by atoms with E-state index in [0.29, 0.717) is 6.04 Å². The van der Waals surface area contributed by atoms with Crippen LogP contribution in [0, 0.1) is 0 Å². The Bertz CT molecular complexity index is 439. The van der Waals surface area contributed by atoms with Crippen LogP contribution in [0.25, 0.3) is 0 Å². The third kappa shape index (κ3) is 3.59. The first-order valence-electron chi connectivity index (χ1n) is 6.97. The van der Waals surface area contributed by atoms with Gasteiger partial charge >= 0.3 is 0 Å². The average molecular weight is 279 g/mol. The molecule has 0 saturated carbocycles. The van der Waals surface area contributed by atoms with Crippen LogP contribution in [-0.4, -0.2) is 24.2 Å². The lowest BCUT2D eigenvalue weighted by atomic mass is 9.86. The number of ether oxygens (including phenoxy) is 1. The summed E-state index contributed by atoms with van der Waals surface area (Å²) in [6.45, 7) is 9.03. The van der Waals surface area contributed by atoms with Crippen LogP contribution in [0.15, 0.2) is 18.2 Å². The predicted molar refractivity (Wildman–Crippen MR) is 85.6 cm³/mol. The number of hydrogen-bond donors (Lipinski definition) is 1. The maximum atomic E-state index is 5.48. The normalized spacial score (nSPS) is 23.4. The van der Waals surface area contributed by atoms with E-state index in [1.165, 1.54) is 17.7 Å². The van der Waals surface area contributed by atoms with Gasteiger partial charge in [0.25, 0.3) is 0 Å². The van der Waals surface area contributed by atoms with E-state index in [4.69, 9.17) is 4.74 Å². The van der Waals surface area contributed by atoms with Crippen LogP contribution in [0.1, 0.15) is 39.7 Å². The SMILES string of the molecule is COc1ccc(C(C)(C)C)cc1NC1CSC(C)C1. The van der Waals surface area contributed by atoms with Crippen molar-refractivity contribution in [2.45, 2.75) is 50.8 Å². The highest BCUT2D eigenvalue weighted by Gasteiger charge is 2.23. The molecule has 2 nitrogen and oxygen atoms in total. The van der Waals surface area contributed by atoms with Crippen molar-refractivity contribution in [2.75, 3.05) is 18.2 Å². The van der Waals surface area contributed by atoms with Gasteiger partial charge in [0.15, 0.2) is 0 Å². The Balaban J connectivity index is 2.21. The fourth-order valence-corrected chi connectivity index (χ4v) is 3.57. The molecule has 106 valence electrons. The largest absolute Gasteiger partial charge is 0.495 e. The minimum atomic E-state index is 0.167. The van der Waals surface area contributed by atoms with Crippen LogP contribution < -0.4 is 10.1 Å². The topological polar surface area (TPSA) is 21.3 Å². The third-order valence-electron chi connectivity index (χ3n) is 3.62. The Hall–Kier alpha value is -0.830. The fourth-order valence-electron chi connectivity index (χ4n) is 2.42. The molecule has 1 fully saturated rings. The van der Waals surface area contributed by atoms with Gasteiger partial charge in [-0.25, -0.2) is 0 Å². The van der Waals surface area contributed by atoms with Crippen molar-refractivity contribution in [2.24, 2.45) is 0 Å². The third-order valence-corrected chi connectivity index (χ3v) is 4.98. The molecule has 0 radical (unpaired) electrons. The smallest absolute Gasteiger partial charge is 0.141 e. The van der Waals surface area contributed by atoms with Crippen LogP contribution in [0.5, 0.6) is 5.75 Å². The molecule has 1 aromatic rings. The highest BCUT2D eigenvalue weighted by molar-refractivity contribution is 8.00. The monoisotopic (exact) mass is 279 g/mol. The van der Waals surface area contributed by atoms with E-state index >= 15 is 0 Å². The van der Waals surface area contributed by atoms with Gasteiger partial charge in [-0.05, 0) is 29.5 Å². The number of hydrogen-bond acceptors (Lipinski definition) is 3. The summed E-state index contributed by atoms with van der Waals surface area (Å²) < 4.78 is 5.48. The molecule has 0 spiro atoms. The molecule has 1 aliphatic rings. The highest BCUT2D eigenvalue weighted by Crippen LogP contribution is 2.34. The Morgan fingerprint density at radius 2 is 2.05 bits per heavy atom. The van der Waals surface area contributed by atoms with E-state index in [1.54, 1.807) is 7.11 Å². The zero-order valence-electron chi connectivity index (χ0n) is 12.6. The summed E-state index contributed by atoms with van der Waals surface area (Å²) in [6.07, 6.45) is 1.23. The van der Waals surface area contributed by atoms with Crippen LogP contribution in [-0.2, 0) is 5.41 Å². The first kappa shape index (κ1) is 14.6. The van der Waals surface area contributed by atoms with Gasteiger partial charge in [-0.2, -0.15) is 11.8 Å². The van der Waals surface area contributed by atoms with Gasteiger partial charge in [-0.1, -0.05) is 33.8 Å². The minimum Gasteiger partial charge on any atom is -0.495 e. The van der Waals surface area contributed by atoms with Crippen molar-refractivity contribution in [3.8, 4) is 5.75 Å². The number of nitrogens with one attached hydrogen (secondary N) is 1. The number of methoxy groups -OCH3 is 1. The van der Waals surface area contributed by atoms with Crippen molar-refractivity contribution in [3.63, 3.8) is 0 Å². The lowest BCUT2D eigenvalue weighted by Gasteiger charge is -2.23. The van der Waals surface area contributed by atoms with Crippen molar-refractivity contribution >= 4 is 17.4 Å². The molecule has 2 atom stereocenters. The molecule has 1 aromatic carbocycles. The molecular formula is C16H25NOS. The second-order valence-electron chi connectivity index (χ2n) is 6.39. The van der Waals surface area contributed by atoms with E-state index in [1.807, 2.05) is 11.8 Å². The van der Waals surface area contributed by atoms with Crippen LogP contribution in [0.2, 0.25) is 0 Å². The summed E-state index contributed by atoms with van der Waals surface area (Å²) in [7, 11) is 1.74. The average Bonchev–Trinajstić information content (AvgIpc) is 2.73. The summed E-state index contributed by atoms with van der Waals surface area (Å²) in [5.41, 5.74) is 2.64. The number of thioether (sulfide) groups is 1. The van der Waals surface area contributed by atoms with Gasteiger partial charge in [-0.15, -0.1) is 0 Å². The highest BCUT2D eigenvalue weighted by atomic mass is 32.2. The molecule has 1 saturated heterocycles. The molecule has 0 amide bonds. The van der Waals surface area contributed by atoms with Crippen LogP contribution in [0.4, 0.5) is 5.69 Å². The van der Waals surface area contributed by atoms with E-state index in [0.717, 1.165) is 16.7 Å². The van der Waals surface area contributed by atoms with E-state index < -0.39 is 0 Å². The molecule has 1 heterocycles. The Morgan fingerprint density at radius 3 is 2.58 bits per heavy atom. The Morgan fingerprint density at radius 1 is 1.32 bits per heavy atom. The quantitative estimate of drug-likeness (QED) is 0.891. The second kappa shape index (κ2) is 5.66. The lowest BCUT2D eigenvalue weighted by Crippen LogP contribution is -2.20. The molecule has 3 heteroatoms. The van der Waals surface area contributed by atoms with Gasteiger partial charge in [0, 0.05) is 17.0 Å². The molecule has 0 aliphatic carbocycles. The van der Waals surface area contributed by atoms with Gasteiger partial charge < -0.3 is 10.1 Å². The predicted octanol–water partition coefficient (Wildman–Crippen LogP) is 4.30. The maximum absolute atomic E-state index is 5.48.